The van der Waals surface area contributed by atoms with Crippen LogP contribution >= 0.6 is 0 Å². The summed E-state index contributed by atoms with van der Waals surface area (Å²) >= 11 is 0. The van der Waals surface area contributed by atoms with Gasteiger partial charge in [-0.2, -0.15) is 0 Å². The first kappa shape index (κ1) is 7.03. The van der Waals surface area contributed by atoms with E-state index in [-0.39, 0.29) is 0 Å². The van der Waals surface area contributed by atoms with Crippen LogP contribution in [0.2, 0.25) is 0 Å². The minimum absolute atomic E-state index is 0.366. The maximum absolute atomic E-state index is 5.66. The van der Waals surface area contributed by atoms with Gasteiger partial charge in [-0.25, -0.2) is 0 Å². The van der Waals surface area contributed by atoms with Crippen molar-refractivity contribution in [2.24, 2.45) is 17.6 Å². The first-order chi connectivity index (χ1) is 4.25. The van der Waals surface area contributed by atoms with Gasteiger partial charge in [0.15, 0.2) is 0 Å². The molecule has 0 amide bonds. The number of methoxy groups -OCH3 is 1. The number of rotatable bonds is 3. The molecule has 0 saturated heterocycles. The van der Waals surface area contributed by atoms with E-state index >= 15 is 0 Å². The maximum atomic E-state index is 5.66. The van der Waals surface area contributed by atoms with Crippen molar-refractivity contribution in [1.82, 2.24) is 0 Å². The zero-order chi connectivity index (χ0) is 6.85. The predicted molar refractivity (Wildman–Crippen MR) is 37.1 cm³/mol. The van der Waals surface area contributed by atoms with Gasteiger partial charge < -0.3 is 10.5 Å². The molecule has 0 spiro atoms. The Morgan fingerprint density at radius 3 is 2.78 bits per heavy atom. The molecule has 9 heavy (non-hydrogen) atoms. The Hall–Kier alpha value is -0.0800. The van der Waals surface area contributed by atoms with Crippen LogP contribution in [-0.4, -0.2) is 19.8 Å². The van der Waals surface area contributed by atoms with E-state index in [0.29, 0.717) is 6.04 Å². The monoisotopic (exact) mass is 129 g/mol. The zero-order valence-corrected chi connectivity index (χ0v) is 6.13. The van der Waals surface area contributed by atoms with Crippen molar-refractivity contribution < 1.29 is 4.74 Å². The largest absolute Gasteiger partial charge is 0.384 e. The van der Waals surface area contributed by atoms with Gasteiger partial charge in [0.05, 0.1) is 0 Å². The van der Waals surface area contributed by atoms with E-state index in [9.17, 15) is 0 Å². The molecule has 0 bridgehead atoms. The molecule has 1 aliphatic rings. The molecular weight excluding hydrogens is 114 g/mol. The van der Waals surface area contributed by atoms with E-state index in [4.69, 9.17) is 10.5 Å². The van der Waals surface area contributed by atoms with Gasteiger partial charge in [-0.05, 0) is 25.2 Å². The smallest absolute Gasteiger partial charge is 0.0493 e. The Labute approximate surface area is 56.4 Å². The van der Waals surface area contributed by atoms with E-state index in [1.165, 1.54) is 6.42 Å². The molecule has 3 atom stereocenters. The molecule has 0 heterocycles. The molecule has 1 rings (SSSR count). The summed E-state index contributed by atoms with van der Waals surface area (Å²) in [6.07, 6.45) is 1.27. The van der Waals surface area contributed by atoms with Crippen LogP contribution in [0.25, 0.3) is 0 Å². The van der Waals surface area contributed by atoms with Gasteiger partial charge in [0, 0.05) is 19.8 Å². The summed E-state index contributed by atoms with van der Waals surface area (Å²) < 4.78 is 4.99. The van der Waals surface area contributed by atoms with E-state index < -0.39 is 0 Å². The van der Waals surface area contributed by atoms with Crippen LogP contribution in [0, 0.1) is 11.8 Å². The molecule has 2 N–H and O–H groups in total. The van der Waals surface area contributed by atoms with Crippen LogP contribution in [0.1, 0.15) is 13.3 Å². The summed E-state index contributed by atoms with van der Waals surface area (Å²) in [6, 6.07) is 0.366. The van der Waals surface area contributed by atoms with E-state index in [2.05, 4.69) is 6.92 Å². The zero-order valence-electron chi connectivity index (χ0n) is 6.13. The molecule has 54 valence electrons. The Bertz CT molecular complexity index is 92.9. The van der Waals surface area contributed by atoms with Gasteiger partial charge in [0.2, 0.25) is 0 Å². The lowest BCUT2D eigenvalue weighted by Crippen LogP contribution is -2.19. The van der Waals surface area contributed by atoms with Gasteiger partial charge in [0.1, 0.15) is 0 Å². The molecule has 1 aliphatic carbocycles. The Balaban J connectivity index is 2.09. The Kier molecular flexibility index (Phi) is 2.09. The Morgan fingerprint density at radius 1 is 1.78 bits per heavy atom. The van der Waals surface area contributed by atoms with E-state index in [1.54, 1.807) is 7.11 Å². The standard InChI is InChI=1S/C7H15NO/c1-5(8)7-3-6(7)4-9-2/h5-7H,3-4,8H2,1-2H3. The summed E-state index contributed by atoms with van der Waals surface area (Å²) in [6.45, 7) is 2.96. The maximum Gasteiger partial charge on any atom is 0.0493 e. The molecule has 0 aliphatic heterocycles. The summed E-state index contributed by atoms with van der Waals surface area (Å²) in [4.78, 5) is 0. The SMILES string of the molecule is COCC1CC1C(C)N. The summed E-state index contributed by atoms with van der Waals surface area (Å²) in [5, 5.41) is 0. The van der Waals surface area contributed by atoms with Gasteiger partial charge in [-0.3, -0.25) is 0 Å². The molecule has 0 radical (unpaired) electrons. The summed E-state index contributed by atoms with van der Waals surface area (Å²) in [5.41, 5.74) is 5.66. The van der Waals surface area contributed by atoms with Crippen LogP contribution in [0.4, 0.5) is 0 Å². The van der Waals surface area contributed by atoms with Crippen molar-refractivity contribution in [2.75, 3.05) is 13.7 Å². The fraction of sp³-hybridized carbons (Fsp3) is 1.00. The van der Waals surface area contributed by atoms with Gasteiger partial charge in [-0.15, -0.1) is 0 Å². The molecule has 2 nitrogen and oxygen atoms in total. The minimum atomic E-state index is 0.366. The first-order valence-electron chi connectivity index (χ1n) is 3.50. The molecule has 3 unspecified atom stereocenters. The van der Waals surface area contributed by atoms with Crippen molar-refractivity contribution in [3.63, 3.8) is 0 Å². The average Bonchev–Trinajstić information content (AvgIpc) is 2.47. The summed E-state index contributed by atoms with van der Waals surface area (Å²) in [7, 11) is 1.75. The highest BCUT2D eigenvalue weighted by Gasteiger charge is 2.39. The quantitative estimate of drug-likeness (QED) is 0.606. The van der Waals surface area contributed by atoms with Crippen molar-refractivity contribution in [3.8, 4) is 0 Å². The minimum Gasteiger partial charge on any atom is -0.384 e. The average molecular weight is 129 g/mol. The Morgan fingerprint density at radius 2 is 2.44 bits per heavy atom. The van der Waals surface area contributed by atoms with Crippen molar-refractivity contribution in [2.45, 2.75) is 19.4 Å². The highest BCUT2D eigenvalue weighted by Crippen LogP contribution is 2.40. The van der Waals surface area contributed by atoms with E-state index in [0.717, 1.165) is 18.4 Å². The number of hydrogen-bond acceptors (Lipinski definition) is 2. The third-order valence-corrected chi connectivity index (χ3v) is 2.03. The fourth-order valence-corrected chi connectivity index (χ4v) is 1.32. The fourth-order valence-electron chi connectivity index (χ4n) is 1.32. The molecule has 2 heteroatoms. The number of ether oxygens (including phenoxy) is 1. The van der Waals surface area contributed by atoms with Crippen LogP contribution in [-0.2, 0) is 4.74 Å². The highest BCUT2D eigenvalue weighted by atomic mass is 16.5. The summed E-state index contributed by atoms with van der Waals surface area (Å²) in [5.74, 6) is 1.50. The van der Waals surface area contributed by atoms with Crippen LogP contribution in [0.5, 0.6) is 0 Å². The molecule has 0 aromatic carbocycles. The molecule has 0 aromatic rings. The van der Waals surface area contributed by atoms with Gasteiger partial charge >= 0.3 is 0 Å². The third kappa shape index (κ3) is 1.66. The lowest BCUT2D eigenvalue weighted by atomic mass is 10.2. The van der Waals surface area contributed by atoms with Crippen molar-refractivity contribution >= 4 is 0 Å². The molecule has 0 aromatic heterocycles. The normalized spacial score (nSPS) is 36.3. The highest BCUT2D eigenvalue weighted by molar-refractivity contribution is 4.91. The molecule has 1 saturated carbocycles. The lowest BCUT2D eigenvalue weighted by molar-refractivity contribution is 0.179. The van der Waals surface area contributed by atoms with Crippen molar-refractivity contribution in [3.05, 3.63) is 0 Å². The second-order valence-electron chi connectivity index (χ2n) is 2.97. The van der Waals surface area contributed by atoms with E-state index in [1.807, 2.05) is 0 Å². The van der Waals surface area contributed by atoms with Crippen LogP contribution in [0.3, 0.4) is 0 Å². The van der Waals surface area contributed by atoms with Crippen molar-refractivity contribution in [1.29, 1.82) is 0 Å². The molecule has 1 fully saturated rings. The number of nitrogens with two attached hydrogens (primary N) is 1. The first-order valence-corrected chi connectivity index (χ1v) is 3.50. The predicted octanol–water partition coefficient (Wildman–Crippen LogP) is 0.616. The third-order valence-electron chi connectivity index (χ3n) is 2.03. The topological polar surface area (TPSA) is 35.2 Å². The molecular formula is C7H15NO. The second kappa shape index (κ2) is 2.67. The van der Waals surface area contributed by atoms with Crippen LogP contribution in [0.15, 0.2) is 0 Å². The lowest BCUT2D eigenvalue weighted by Gasteiger charge is -2.01. The van der Waals surface area contributed by atoms with Gasteiger partial charge in [-0.1, -0.05) is 0 Å². The number of hydrogen-bond donors (Lipinski definition) is 1. The second-order valence-corrected chi connectivity index (χ2v) is 2.97. The van der Waals surface area contributed by atoms with Gasteiger partial charge in [0.25, 0.3) is 0 Å². The van der Waals surface area contributed by atoms with Crippen LogP contribution < -0.4 is 5.73 Å².